The van der Waals surface area contributed by atoms with Crippen molar-refractivity contribution in [3.05, 3.63) is 60.8 Å². The van der Waals surface area contributed by atoms with Crippen molar-refractivity contribution >= 4 is 11.9 Å². The first kappa shape index (κ1) is 83.4. The van der Waals surface area contributed by atoms with Gasteiger partial charge in [-0.25, -0.2) is 0 Å². The van der Waals surface area contributed by atoms with E-state index in [4.69, 9.17) is 14.2 Å². The molecule has 514 valence electrons. The molecule has 0 spiro atoms. The average Bonchev–Trinajstić information content (AvgIpc) is 2.54. The molecule has 11 nitrogen and oxygen atoms in total. The van der Waals surface area contributed by atoms with Crippen LogP contribution in [0.2, 0.25) is 0 Å². The SMILES string of the molecule is CCCCC/C=C\C/C=C\C/C=C\C/C=C\CCCCCCCCCCCC(=O)OC1C(OCC(NC(=O)C(O)CCCCCCCCCCCCCCCCCCCCCCCC)C(O)/C=C/CCCCCCCCCCCC)OC(CO)C(O)C1O. The predicted molar refractivity (Wildman–Crippen MR) is 370 cm³/mol. The van der Waals surface area contributed by atoms with Crippen LogP contribution in [-0.2, 0) is 23.8 Å². The monoisotopic (exact) mass is 1240 g/mol. The second kappa shape index (κ2) is 64.5. The van der Waals surface area contributed by atoms with Gasteiger partial charge in [0.25, 0.3) is 0 Å². The number of allylic oxidation sites excluding steroid dienone is 9. The van der Waals surface area contributed by atoms with Crippen LogP contribution >= 0.6 is 0 Å². The van der Waals surface area contributed by atoms with Gasteiger partial charge in [0.15, 0.2) is 12.4 Å². The summed E-state index contributed by atoms with van der Waals surface area (Å²) < 4.78 is 17.7. The first-order chi connectivity index (χ1) is 43.2. The molecule has 1 aliphatic heterocycles. The molecule has 1 heterocycles. The quantitative estimate of drug-likeness (QED) is 0.0195. The molecule has 0 aromatic heterocycles. The Kier molecular flexibility index (Phi) is 61.1. The van der Waals surface area contributed by atoms with Gasteiger partial charge in [0.1, 0.15) is 24.4 Å². The van der Waals surface area contributed by atoms with Crippen LogP contribution in [0.3, 0.4) is 0 Å². The normalized spacial score (nSPS) is 18.5. The van der Waals surface area contributed by atoms with E-state index >= 15 is 0 Å². The van der Waals surface area contributed by atoms with Gasteiger partial charge in [-0.1, -0.05) is 338 Å². The summed E-state index contributed by atoms with van der Waals surface area (Å²) >= 11 is 0. The lowest BCUT2D eigenvalue weighted by Crippen LogP contribution is -2.61. The Labute approximate surface area is 541 Å². The van der Waals surface area contributed by atoms with Crippen LogP contribution < -0.4 is 5.32 Å². The van der Waals surface area contributed by atoms with Crippen molar-refractivity contribution < 1.29 is 49.3 Å². The number of hydrogen-bond acceptors (Lipinski definition) is 10. The van der Waals surface area contributed by atoms with Crippen LogP contribution in [0.15, 0.2) is 60.8 Å². The first-order valence-electron chi connectivity index (χ1n) is 37.6. The molecule has 8 unspecified atom stereocenters. The number of hydrogen-bond donors (Lipinski definition) is 6. The van der Waals surface area contributed by atoms with Crippen molar-refractivity contribution in [1.29, 1.82) is 0 Å². The Hall–Kier alpha value is -2.64. The van der Waals surface area contributed by atoms with E-state index in [1.165, 1.54) is 218 Å². The lowest BCUT2D eigenvalue weighted by molar-refractivity contribution is -0.305. The number of aliphatic hydroxyl groups excluding tert-OH is 5. The molecule has 0 aromatic carbocycles. The average molecular weight is 1240 g/mol. The molecule has 88 heavy (non-hydrogen) atoms. The summed E-state index contributed by atoms with van der Waals surface area (Å²) in [7, 11) is 0. The van der Waals surface area contributed by atoms with Crippen LogP contribution in [0.1, 0.15) is 355 Å². The zero-order chi connectivity index (χ0) is 63.9. The largest absolute Gasteiger partial charge is 0.454 e. The molecule has 6 N–H and O–H groups in total. The van der Waals surface area contributed by atoms with Gasteiger partial charge in [-0.3, -0.25) is 9.59 Å². The van der Waals surface area contributed by atoms with E-state index in [0.717, 1.165) is 89.9 Å². The lowest BCUT2D eigenvalue weighted by atomic mass is 9.99. The number of ether oxygens (including phenoxy) is 3. The van der Waals surface area contributed by atoms with E-state index in [9.17, 15) is 35.1 Å². The zero-order valence-electron chi connectivity index (χ0n) is 57.4. The van der Waals surface area contributed by atoms with E-state index in [2.05, 4.69) is 74.7 Å². The molecule has 0 aliphatic carbocycles. The molecule has 8 atom stereocenters. The Morgan fingerprint density at radius 3 is 1.19 bits per heavy atom. The summed E-state index contributed by atoms with van der Waals surface area (Å²) in [5.41, 5.74) is 0. The third-order valence-electron chi connectivity index (χ3n) is 17.7. The van der Waals surface area contributed by atoms with Gasteiger partial charge in [0, 0.05) is 6.42 Å². The van der Waals surface area contributed by atoms with Gasteiger partial charge in [0.2, 0.25) is 5.91 Å². The van der Waals surface area contributed by atoms with Crippen LogP contribution in [0.5, 0.6) is 0 Å². The smallest absolute Gasteiger partial charge is 0.306 e. The fourth-order valence-corrected chi connectivity index (χ4v) is 11.8. The minimum Gasteiger partial charge on any atom is -0.454 e. The Morgan fingerprint density at radius 1 is 0.443 bits per heavy atom. The summed E-state index contributed by atoms with van der Waals surface area (Å²) in [4.78, 5) is 26.7. The fourth-order valence-electron chi connectivity index (χ4n) is 11.8. The number of aliphatic hydroxyl groups is 5. The number of rotatable bonds is 65. The number of nitrogens with one attached hydrogen (secondary N) is 1. The van der Waals surface area contributed by atoms with Crippen molar-refractivity contribution in [1.82, 2.24) is 5.32 Å². The Balaban J connectivity index is 2.54. The van der Waals surface area contributed by atoms with Crippen LogP contribution in [0.4, 0.5) is 0 Å². The number of esters is 1. The minimum absolute atomic E-state index is 0.117. The molecule has 11 heteroatoms. The highest BCUT2D eigenvalue weighted by atomic mass is 16.7. The van der Waals surface area contributed by atoms with E-state index in [-0.39, 0.29) is 13.0 Å². The Bertz CT molecular complexity index is 1670. The van der Waals surface area contributed by atoms with E-state index < -0.39 is 67.4 Å². The van der Waals surface area contributed by atoms with Gasteiger partial charge < -0.3 is 45.1 Å². The maximum Gasteiger partial charge on any atom is 0.306 e. The second-order valence-electron chi connectivity index (χ2n) is 26.0. The zero-order valence-corrected chi connectivity index (χ0v) is 57.4. The summed E-state index contributed by atoms with van der Waals surface area (Å²) in [6.45, 7) is 5.81. The van der Waals surface area contributed by atoms with Crippen molar-refractivity contribution in [3.8, 4) is 0 Å². The molecular formula is C77H141NO10. The van der Waals surface area contributed by atoms with Gasteiger partial charge in [-0.2, -0.15) is 0 Å². The van der Waals surface area contributed by atoms with Crippen LogP contribution in [0.25, 0.3) is 0 Å². The molecule has 0 radical (unpaired) electrons. The minimum atomic E-state index is -1.62. The third kappa shape index (κ3) is 50.9. The Morgan fingerprint density at radius 2 is 0.784 bits per heavy atom. The highest BCUT2D eigenvalue weighted by Gasteiger charge is 2.47. The number of carbonyl (C=O) groups excluding carboxylic acids is 2. The second-order valence-corrected chi connectivity index (χ2v) is 26.0. The molecule has 0 bridgehead atoms. The summed E-state index contributed by atoms with van der Waals surface area (Å²) in [6, 6.07) is -1.03. The maximum atomic E-state index is 13.5. The third-order valence-corrected chi connectivity index (χ3v) is 17.7. The van der Waals surface area contributed by atoms with Crippen molar-refractivity contribution in [2.75, 3.05) is 13.2 Å². The standard InChI is InChI=1S/C77H141NO10/c1-4-7-10-13-16-19-22-25-27-29-31-33-35-36-37-39-41-43-45-47-50-53-56-59-62-65-72(82)88-75-74(84)73(83)71(66-79)87-77(75)86-67-68(69(80)63-60-57-54-51-48-24-21-18-15-12-9-6-3)78-76(85)70(81)64-61-58-55-52-49-46-44-42-40-38-34-32-30-28-26-23-20-17-14-11-8-5-2/h16,19,25,27,31,33,36-37,60,63,68-71,73-75,77,79-81,83-84H,4-15,17-18,20-24,26,28-30,32,34-35,38-59,61-62,64-67H2,1-3H3,(H,78,85)/b19-16-,27-25-,33-31-,37-36-,63-60+. The summed E-state index contributed by atoms with van der Waals surface area (Å²) in [6.07, 6.45) is 72.6. The number of unbranched alkanes of at least 4 members (excludes halogenated alkanes) is 43. The summed E-state index contributed by atoms with van der Waals surface area (Å²) in [5, 5.41) is 57.3. The van der Waals surface area contributed by atoms with Crippen molar-refractivity contribution in [3.63, 3.8) is 0 Å². The molecule has 1 fully saturated rings. The van der Waals surface area contributed by atoms with Gasteiger partial charge in [-0.05, 0) is 70.6 Å². The molecule has 0 aromatic rings. The van der Waals surface area contributed by atoms with Crippen molar-refractivity contribution in [2.45, 2.75) is 404 Å². The first-order valence-corrected chi connectivity index (χ1v) is 37.6. The van der Waals surface area contributed by atoms with Crippen molar-refractivity contribution in [2.24, 2.45) is 0 Å². The molecule has 1 rings (SSSR count). The van der Waals surface area contributed by atoms with Crippen LogP contribution in [0, 0.1) is 0 Å². The van der Waals surface area contributed by atoms with E-state index in [0.29, 0.717) is 19.3 Å². The van der Waals surface area contributed by atoms with Gasteiger partial charge in [-0.15, -0.1) is 0 Å². The van der Waals surface area contributed by atoms with Crippen LogP contribution in [-0.4, -0.2) is 99.6 Å². The topological polar surface area (TPSA) is 175 Å². The highest BCUT2D eigenvalue weighted by Crippen LogP contribution is 2.26. The fraction of sp³-hybridized carbons (Fsp3) is 0.844. The highest BCUT2D eigenvalue weighted by molar-refractivity contribution is 5.80. The molecule has 1 aliphatic rings. The van der Waals surface area contributed by atoms with E-state index in [1.807, 2.05) is 6.08 Å². The lowest BCUT2D eigenvalue weighted by Gasteiger charge is -2.41. The number of amides is 1. The van der Waals surface area contributed by atoms with Gasteiger partial charge >= 0.3 is 5.97 Å². The summed E-state index contributed by atoms with van der Waals surface area (Å²) in [5.74, 6) is -1.19. The van der Waals surface area contributed by atoms with Gasteiger partial charge in [0.05, 0.1) is 25.4 Å². The number of carbonyl (C=O) groups is 2. The predicted octanol–water partition coefficient (Wildman–Crippen LogP) is 19.7. The molecule has 1 amide bonds. The molecular weight excluding hydrogens is 1100 g/mol. The molecule has 1 saturated heterocycles. The van der Waals surface area contributed by atoms with E-state index in [1.54, 1.807) is 6.08 Å². The molecule has 0 saturated carbocycles. The maximum absolute atomic E-state index is 13.5.